The molecule has 4 aliphatic rings. The van der Waals surface area contributed by atoms with Gasteiger partial charge in [-0.3, -0.25) is 9.59 Å². The Hall–Kier alpha value is -1.17. The Morgan fingerprint density at radius 2 is 2.00 bits per heavy atom. The molecule has 3 nitrogen and oxygen atoms in total. The van der Waals surface area contributed by atoms with Crippen LogP contribution in [0.15, 0.2) is 0 Å². The molecule has 0 spiro atoms. The molecule has 4 saturated carbocycles. The SMILES string of the molecule is C[C@@]12C[C@@H](C#N)[C@H]3[C@@H](C1)C(=O)C[C@]3(C)C2=O. The summed E-state index contributed by atoms with van der Waals surface area (Å²) in [7, 11) is 0. The van der Waals surface area contributed by atoms with Crippen molar-refractivity contribution in [3.63, 3.8) is 0 Å². The van der Waals surface area contributed by atoms with Crippen LogP contribution in [0.5, 0.6) is 0 Å². The molecule has 0 saturated heterocycles. The number of ketones is 2. The maximum absolute atomic E-state index is 12.4. The lowest BCUT2D eigenvalue weighted by Gasteiger charge is -2.53. The first-order chi connectivity index (χ1) is 7.42. The van der Waals surface area contributed by atoms with Crippen molar-refractivity contribution in [3.8, 4) is 6.07 Å². The van der Waals surface area contributed by atoms with Gasteiger partial charge in [-0.1, -0.05) is 13.8 Å². The van der Waals surface area contributed by atoms with Crippen LogP contribution in [0.3, 0.4) is 0 Å². The zero-order chi connectivity index (χ0) is 11.7. The Kier molecular flexibility index (Phi) is 1.60. The second-order valence-corrected chi connectivity index (χ2v) is 6.23. The van der Waals surface area contributed by atoms with Gasteiger partial charge in [0.2, 0.25) is 0 Å². The van der Waals surface area contributed by atoms with Gasteiger partial charge in [0.25, 0.3) is 0 Å². The third kappa shape index (κ3) is 0.855. The van der Waals surface area contributed by atoms with E-state index in [-0.39, 0.29) is 29.3 Å². The van der Waals surface area contributed by atoms with Gasteiger partial charge in [0.05, 0.1) is 12.0 Å². The predicted octanol–water partition coefficient (Wildman–Crippen LogP) is 1.72. The number of carbonyl (C=O) groups excluding carboxylic acids is 2. The number of hydrogen-bond donors (Lipinski definition) is 0. The summed E-state index contributed by atoms with van der Waals surface area (Å²) in [5, 5.41) is 9.21. The summed E-state index contributed by atoms with van der Waals surface area (Å²) in [4.78, 5) is 24.4. The van der Waals surface area contributed by atoms with Crippen molar-refractivity contribution in [2.45, 2.75) is 33.1 Å². The van der Waals surface area contributed by atoms with Crippen LogP contribution in [0.25, 0.3) is 0 Å². The Bertz CT molecular complexity index is 449. The lowest BCUT2D eigenvalue weighted by molar-refractivity contribution is -0.157. The fourth-order valence-electron chi connectivity index (χ4n) is 4.63. The molecule has 4 rings (SSSR count). The molecule has 0 radical (unpaired) electrons. The lowest BCUT2D eigenvalue weighted by Crippen LogP contribution is -2.57. The summed E-state index contributed by atoms with van der Waals surface area (Å²) in [6.45, 7) is 3.84. The maximum atomic E-state index is 12.4. The standard InChI is InChI=1S/C13H15NO2/c1-12-3-7(6-14)10-8(4-12)9(15)5-13(10,2)11(12)16/h7-8,10H,3-5H2,1-2H3/t7-,8-,10-,12+,13-/m0/s1. The summed E-state index contributed by atoms with van der Waals surface area (Å²) in [5.41, 5.74) is -0.950. The number of hydrogen-bond acceptors (Lipinski definition) is 3. The van der Waals surface area contributed by atoms with E-state index in [1.165, 1.54) is 0 Å². The average Bonchev–Trinajstić information content (AvgIpc) is 2.46. The van der Waals surface area contributed by atoms with Crippen LogP contribution in [0.2, 0.25) is 0 Å². The van der Waals surface area contributed by atoms with E-state index in [2.05, 4.69) is 6.07 Å². The second-order valence-electron chi connectivity index (χ2n) is 6.23. The van der Waals surface area contributed by atoms with Crippen LogP contribution < -0.4 is 0 Å². The van der Waals surface area contributed by atoms with E-state index in [1.54, 1.807) is 0 Å². The van der Waals surface area contributed by atoms with E-state index < -0.39 is 10.8 Å². The predicted molar refractivity (Wildman–Crippen MR) is 56.2 cm³/mol. The molecule has 5 atom stereocenters. The van der Waals surface area contributed by atoms with Crippen molar-refractivity contribution in [3.05, 3.63) is 0 Å². The molecule has 4 fully saturated rings. The van der Waals surface area contributed by atoms with Crippen LogP contribution in [0.4, 0.5) is 0 Å². The fraction of sp³-hybridized carbons (Fsp3) is 0.769. The van der Waals surface area contributed by atoms with Gasteiger partial charge in [-0.2, -0.15) is 5.26 Å². The van der Waals surface area contributed by atoms with E-state index in [1.807, 2.05) is 13.8 Å². The molecule has 0 N–H and O–H groups in total. The van der Waals surface area contributed by atoms with Gasteiger partial charge in [0.15, 0.2) is 0 Å². The average molecular weight is 217 g/mol. The molecule has 0 aromatic carbocycles. The Morgan fingerprint density at radius 1 is 1.31 bits per heavy atom. The van der Waals surface area contributed by atoms with Crippen molar-refractivity contribution in [1.29, 1.82) is 5.26 Å². The summed E-state index contributed by atoms with van der Waals surface area (Å²) >= 11 is 0. The van der Waals surface area contributed by atoms with Crippen LogP contribution >= 0.6 is 0 Å². The minimum absolute atomic E-state index is 0.000625. The zero-order valence-corrected chi connectivity index (χ0v) is 9.62. The normalized spacial score (nSPS) is 54.2. The van der Waals surface area contributed by atoms with Gasteiger partial charge < -0.3 is 0 Å². The van der Waals surface area contributed by atoms with Gasteiger partial charge in [0, 0.05) is 23.2 Å². The minimum Gasteiger partial charge on any atom is -0.299 e. The van der Waals surface area contributed by atoms with E-state index in [4.69, 9.17) is 0 Å². The number of carbonyl (C=O) groups is 2. The Balaban J connectivity index is 2.19. The van der Waals surface area contributed by atoms with Crippen molar-refractivity contribution in [2.75, 3.05) is 0 Å². The maximum Gasteiger partial charge on any atom is 0.145 e. The number of fused-ring (bicyclic) bond motifs is 1. The largest absolute Gasteiger partial charge is 0.299 e. The molecular formula is C13H15NO2. The van der Waals surface area contributed by atoms with Gasteiger partial charge in [-0.05, 0) is 18.8 Å². The molecule has 84 valence electrons. The fourth-order valence-corrected chi connectivity index (χ4v) is 4.63. The first-order valence-corrected chi connectivity index (χ1v) is 5.90. The molecule has 0 aliphatic heterocycles. The van der Waals surface area contributed by atoms with Gasteiger partial charge >= 0.3 is 0 Å². The highest BCUT2D eigenvalue weighted by molar-refractivity contribution is 6.02. The smallest absolute Gasteiger partial charge is 0.145 e. The molecule has 0 aromatic heterocycles. The number of nitrogens with zero attached hydrogens (tertiary/aromatic N) is 1. The quantitative estimate of drug-likeness (QED) is 0.620. The summed E-state index contributed by atoms with van der Waals surface area (Å²) in [6.07, 6.45) is 1.71. The highest BCUT2D eigenvalue weighted by Gasteiger charge is 2.69. The second kappa shape index (κ2) is 2.56. The Morgan fingerprint density at radius 3 is 2.62 bits per heavy atom. The first kappa shape index (κ1) is 10.0. The molecule has 0 heterocycles. The highest BCUT2D eigenvalue weighted by Crippen LogP contribution is 2.66. The third-order valence-corrected chi connectivity index (χ3v) is 5.13. The highest BCUT2D eigenvalue weighted by atomic mass is 16.1. The summed E-state index contributed by atoms with van der Waals surface area (Å²) < 4.78 is 0. The lowest BCUT2D eigenvalue weighted by atomic mass is 9.47. The molecule has 0 unspecified atom stereocenters. The van der Waals surface area contributed by atoms with Gasteiger partial charge in [0.1, 0.15) is 11.6 Å². The summed E-state index contributed by atoms with van der Waals surface area (Å²) in [5.74, 6) is 0.325. The molecule has 0 amide bonds. The van der Waals surface area contributed by atoms with Crippen LogP contribution in [-0.2, 0) is 9.59 Å². The van der Waals surface area contributed by atoms with Crippen LogP contribution in [0, 0.1) is 39.9 Å². The molecule has 0 aromatic rings. The Labute approximate surface area is 94.8 Å². The van der Waals surface area contributed by atoms with E-state index >= 15 is 0 Å². The topological polar surface area (TPSA) is 57.9 Å². The van der Waals surface area contributed by atoms with E-state index in [0.29, 0.717) is 19.3 Å². The minimum atomic E-state index is -0.534. The van der Waals surface area contributed by atoms with Crippen molar-refractivity contribution < 1.29 is 9.59 Å². The van der Waals surface area contributed by atoms with Crippen molar-refractivity contribution in [1.82, 2.24) is 0 Å². The number of Topliss-reactive ketones (excluding diaryl/α,β-unsaturated/α-hetero) is 2. The monoisotopic (exact) mass is 217 g/mol. The van der Waals surface area contributed by atoms with Crippen molar-refractivity contribution >= 4 is 11.6 Å². The zero-order valence-electron chi connectivity index (χ0n) is 9.62. The van der Waals surface area contributed by atoms with Crippen LogP contribution in [-0.4, -0.2) is 11.6 Å². The number of nitriles is 1. The molecule has 4 bridgehead atoms. The molecule has 16 heavy (non-hydrogen) atoms. The molecule has 4 aliphatic carbocycles. The van der Waals surface area contributed by atoms with Gasteiger partial charge in [-0.25, -0.2) is 0 Å². The van der Waals surface area contributed by atoms with E-state index in [0.717, 1.165) is 0 Å². The summed E-state index contributed by atoms with van der Waals surface area (Å²) in [6, 6.07) is 2.32. The van der Waals surface area contributed by atoms with Crippen LogP contribution in [0.1, 0.15) is 33.1 Å². The molecular weight excluding hydrogens is 202 g/mol. The molecule has 3 heteroatoms. The third-order valence-electron chi connectivity index (χ3n) is 5.13. The van der Waals surface area contributed by atoms with Gasteiger partial charge in [-0.15, -0.1) is 0 Å². The number of rotatable bonds is 0. The first-order valence-electron chi connectivity index (χ1n) is 5.90. The van der Waals surface area contributed by atoms with E-state index in [9.17, 15) is 14.9 Å². The van der Waals surface area contributed by atoms with Crippen molar-refractivity contribution in [2.24, 2.45) is 28.6 Å².